The number of carboxylic acids is 2. The van der Waals surface area contributed by atoms with Gasteiger partial charge in [-0.2, -0.15) is 11.8 Å². The number of carboxylic acid groups (broad SMARTS) is 2. The summed E-state index contributed by atoms with van der Waals surface area (Å²) in [6.45, 7) is 1.61. The van der Waals surface area contributed by atoms with E-state index in [1.165, 1.54) is 5.56 Å². The predicted octanol–water partition coefficient (Wildman–Crippen LogP) is 1.11. The number of rotatable bonds is 8. The van der Waals surface area contributed by atoms with Crippen LogP contribution in [0.5, 0.6) is 0 Å². The summed E-state index contributed by atoms with van der Waals surface area (Å²) in [7, 11) is 0. The molecule has 1 aliphatic heterocycles. The Kier molecular flexibility index (Phi) is 8.57. The van der Waals surface area contributed by atoms with Gasteiger partial charge in [0.15, 0.2) is 0 Å². The summed E-state index contributed by atoms with van der Waals surface area (Å²) in [5.74, 6) is 0.225. The summed E-state index contributed by atoms with van der Waals surface area (Å²) >= 11 is 1.81. The van der Waals surface area contributed by atoms with Gasteiger partial charge in [0.2, 0.25) is 0 Å². The number of carbonyl (C=O) groups is 2. The van der Waals surface area contributed by atoms with Crippen LogP contribution in [0.25, 0.3) is 0 Å². The first-order chi connectivity index (χ1) is 10.5. The molecule has 0 saturated carbocycles. The average Bonchev–Trinajstić information content (AvgIpc) is 3.33. The fourth-order valence-corrected chi connectivity index (χ4v) is 2.75. The molecule has 0 aliphatic carbocycles. The molecule has 1 heterocycles. The lowest BCUT2D eigenvalue weighted by Crippen LogP contribution is -2.29. The Hall–Kier alpha value is -1.57. The quantitative estimate of drug-likeness (QED) is 0.485. The molecule has 1 atom stereocenters. The molecule has 1 fully saturated rings. The van der Waals surface area contributed by atoms with Crippen molar-refractivity contribution in [2.24, 2.45) is 5.73 Å². The summed E-state index contributed by atoms with van der Waals surface area (Å²) in [5.41, 5.74) is 5.87. The first kappa shape index (κ1) is 18.5. The Bertz CT molecular complexity index is 466. The second kappa shape index (κ2) is 10.2. The van der Waals surface area contributed by atoms with Gasteiger partial charge in [0.05, 0.1) is 6.54 Å². The van der Waals surface area contributed by atoms with Crippen LogP contribution in [0.1, 0.15) is 12.0 Å². The predicted molar refractivity (Wildman–Crippen MR) is 86.9 cm³/mol. The van der Waals surface area contributed by atoms with E-state index in [1.807, 2.05) is 34.9 Å². The number of hydrogen-bond donors (Lipinski definition) is 3. The summed E-state index contributed by atoms with van der Waals surface area (Å²) in [6.07, 6.45) is 0.743. The zero-order valence-corrected chi connectivity index (χ0v) is 13.2. The smallest absolute Gasteiger partial charge is 0.320 e. The molecule has 122 valence electrons. The van der Waals surface area contributed by atoms with E-state index in [1.54, 1.807) is 0 Å². The van der Waals surface area contributed by atoms with Gasteiger partial charge in [-0.25, -0.2) is 0 Å². The first-order valence-corrected chi connectivity index (χ1v) is 8.20. The van der Waals surface area contributed by atoms with Crippen LogP contribution in [0.4, 0.5) is 0 Å². The normalized spacial score (nSPS) is 14.6. The molecule has 0 radical (unpaired) electrons. The molecule has 1 unspecified atom stereocenters. The highest BCUT2D eigenvalue weighted by Crippen LogP contribution is 2.19. The van der Waals surface area contributed by atoms with E-state index in [4.69, 9.17) is 10.2 Å². The minimum atomic E-state index is -0.968. The zero-order chi connectivity index (χ0) is 16.4. The van der Waals surface area contributed by atoms with E-state index >= 15 is 0 Å². The fraction of sp³-hybridized carbons (Fsp3) is 0.467. The lowest BCUT2D eigenvalue weighted by Gasteiger charge is -2.12. The SMILES string of the molecule is NCC(=O)O.O=C(O)C(CCSCc1ccccc1)N1CC1. The van der Waals surface area contributed by atoms with Crippen molar-refractivity contribution in [2.75, 3.05) is 25.4 Å². The molecule has 22 heavy (non-hydrogen) atoms. The number of nitrogens with zero attached hydrogens (tertiary/aromatic N) is 1. The summed E-state index contributed by atoms with van der Waals surface area (Å²) in [6, 6.07) is 10.0. The topological polar surface area (TPSA) is 104 Å². The van der Waals surface area contributed by atoms with Crippen LogP contribution in [0.2, 0.25) is 0 Å². The number of aliphatic carboxylic acids is 2. The van der Waals surface area contributed by atoms with E-state index in [0.29, 0.717) is 0 Å². The van der Waals surface area contributed by atoms with Crippen LogP contribution in [0, 0.1) is 0 Å². The van der Waals surface area contributed by atoms with Gasteiger partial charge in [0.1, 0.15) is 6.04 Å². The van der Waals surface area contributed by atoms with Gasteiger partial charge < -0.3 is 15.9 Å². The van der Waals surface area contributed by atoms with Crippen molar-refractivity contribution in [1.29, 1.82) is 0 Å². The third-order valence-corrected chi connectivity index (χ3v) is 4.09. The number of benzene rings is 1. The molecule has 1 aliphatic rings. The molecule has 2 rings (SSSR count). The van der Waals surface area contributed by atoms with E-state index in [2.05, 4.69) is 17.9 Å². The first-order valence-electron chi connectivity index (χ1n) is 7.05. The maximum Gasteiger partial charge on any atom is 0.320 e. The third kappa shape index (κ3) is 8.02. The second-order valence-electron chi connectivity index (χ2n) is 4.81. The van der Waals surface area contributed by atoms with E-state index < -0.39 is 11.9 Å². The highest BCUT2D eigenvalue weighted by atomic mass is 32.2. The van der Waals surface area contributed by atoms with Crippen molar-refractivity contribution in [3.05, 3.63) is 35.9 Å². The molecule has 0 bridgehead atoms. The molecule has 0 spiro atoms. The van der Waals surface area contributed by atoms with Gasteiger partial charge in [0, 0.05) is 18.8 Å². The number of hydrogen-bond acceptors (Lipinski definition) is 5. The van der Waals surface area contributed by atoms with Crippen molar-refractivity contribution in [2.45, 2.75) is 18.2 Å². The average molecular weight is 326 g/mol. The molecule has 1 aromatic rings. The molecular formula is C15H22N2O4S. The Morgan fingerprint density at radius 1 is 1.23 bits per heavy atom. The van der Waals surface area contributed by atoms with Crippen LogP contribution in [-0.2, 0) is 15.3 Å². The van der Waals surface area contributed by atoms with E-state index in [-0.39, 0.29) is 12.6 Å². The maximum atomic E-state index is 11.0. The van der Waals surface area contributed by atoms with Gasteiger partial charge in [-0.3, -0.25) is 14.5 Å². The standard InChI is InChI=1S/C13H17NO2S.C2H5NO2/c15-13(16)12(14-7-8-14)6-9-17-10-11-4-2-1-3-5-11;3-1-2(4)5/h1-5,12H,6-10H2,(H,15,16);1,3H2,(H,4,5). The van der Waals surface area contributed by atoms with Crippen molar-refractivity contribution >= 4 is 23.7 Å². The fourth-order valence-electron chi connectivity index (χ4n) is 1.79. The third-order valence-electron chi connectivity index (χ3n) is 3.03. The maximum absolute atomic E-state index is 11.0. The Morgan fingerprint density at radius 2 is 1.82 bits per heavy atom. The van der Waals surface area contributed by atoms with Crippen LogP contribution in [-0.4, -0.2) is 58.5 Å². The molecule has 0 aromatic heterocycles. The van der Waals surface area contributed by atoms with Crippen LogP contribution < -0.4 is 5.73 Å². The lowest BCUT2D eigenvalue weighted by molar-refractivity contribution is -0.141. The molecule has 1 aromatic carbocycles. The van der Waals surface area contributed by atoms with Crippen LogP contribution in [0.15, 0.2) is 30.3 Å². The molecule has 4 N–H and O–H groups in total. The van der Waals surface area contributed by atoms with E-state index in [0.717, 1.165) is 31.0 Å². The molecule has 0 amide bonds. The summed E-state index contributed by atoms with van der Waals surface area (Å²) in [4.78, 5) is 22.2. The van der Waals surface area contributed by atoms with Crippen molar-refractivity contribution in [3.63, 3.8) is 0 Å². The van der Waals surface area contributed by atoms with Crippen LogP contribution in [0.3, 0.4) is 0 Å². The molecule has 6 nitrogen and oxygen atoms in total. The van der Waals surface area contributed by atoms with Gasteiger partial charge in [-0.05, 0) is 17.7 Å². The second-order valence-corrected chi connectivity index (χ2v) is 5.92. The lowest BCUT2D eigenvalue weighted by atomic mass is 10.2. The van der Waals surface area contributed by atoms with Crippen molar-refractivity contribution in [3.8, 4) is 0 Å². The Morgan fingerprint density at radius 3 is 2.27 bits per heavy atom. The molecular weight excluding hydrogens is 304 g/mol. The number of thioether (sulfide) groups is 1. The summed E-state index contributed by atoms with van der Waals surface area (Å²) in [5, 5.41) is 16.6. The molecule has 7 heteroatoms. The molecule has 1 saturated heterocycles. The van der Waals surface area contributed by atoms with Crippen molar-refractivity contribution < 1.29 is 19.8 Å². The Balaban J connectivity index is 0.000000422. The minimum Gasteiger partial charge on any atom is -0.480 e. The highest BCUT2D eigenvalue weighted by molar-refractivity contribution is 7.98. The van der Waals surface area contributed by atoms with Gasteiger partial charge in [-0.15, -0.1) is 0 Å². The highest BCUT2D eigenvalue weighted by Gasteiger charge is 2.32. The van der Waals surface area contributed by atoms with Gasteiger partial charge in [0.25, 0.3) is 0 Å². The minimum absolute atomic E-state index is 0.265. The zero-order valence-electron chi connectivity index (χ0n) is 12.4. The van der Waals surface area contributed by atoms with Crippen LogP contribution >= 0.6 is 11.8 Å². The summed E-state index contributed by atoms with van der Waals surface area (Å²) < 4.78 is 0. The monoisotopic (exact) mass is 326 g/mol. The Labute approximate surface area is 134 Å². The van der Waals surface area contributed by atoms with Gasteiger partial charge >= 0.3 is 11.9 Å². The largest absolute Gasteiger partial charge is 0.480 e. The van der Waals surface area contributed by atoms with Gasteiger partial charge in [-0.1, -0.05) is 30.3 Å². The van der Waals surface area contributed by atoms with Crippen molar-refractivity contribution in [1.82, 2.24) is 4.90 Å². The number of nitrogens with two attached hydrogens (primary N) is 1. The van der Waals surface area contributed by atoms with E-state index in [9.17, 15) is 9.59 Å².